The molecule has 0 spiro atoms. The van der Waals surface area contributed by atoms with Crippen molar-refractivity contribution < 1.29 is 23.4 Å². The average molecular weight is 748 g/mol. The normalized spacial score (nSPS) is 14.9. The third-order valence-corrected chi connectivity index (χ3v) is 12.2. The van der Waals surface area contributed by atoms with Gasteiger partial charge in [-0.2, -0.15) is 0 Å². The second kappa shape index (κ2) is 13.2. The summed E-state index contributed by atoms with van der Waals surface area (Å²) >= 11 is 0. The first-order chi connectivity index (χ1) is 27.0. The van der Waals surface area contributed by atoms with Gasteiger partial charge in [-0.1, -0.05) is 59.0 Å². The van der Waals surface area contributed by atoms with Crippen LogP contribution in [0.1, 0.15) is 12.8 Å². The SMILES string of the molecule is COc1ccc(-n2cc(-c3cc4ccccc4c4c3O[P+]([O-])(N3CCCC3)Oc3c(-c5cn(-c6ccc(OC)cc6)nn5)cc5ccccc5c3-4)nn2)cc1. The van der Waals surface area contributed by atoms with Gasteiger partial charge in [-0.25, -0.2) is 9.36 Å². The summed E-state index contributed by atoms with van der Waals surface area (Å²) in [7, 11) is -0.777. The Kier molecular flexibility index (Phi) is 7.98. The molecule has 4 heterocycles. The highest BCUT2D eigenvalue weighted by Gasteiger charge is 2.49. The van der Waals surface area contributed by atoms with Gasteiger partial charge in [-0.05, 0) is 95.1 Å². The summed E-state index contributed by atoms with van der Waals surface area (Å²) in [5.41, 5.74) is 5.51. The highest BCUT2D eigenvalue weighted by molar-refractivity contribution is 7.57. The number of ether oxygens (including phenoxy) is 2. The van der Waals surface area contributed by atoms with E-state index in [1.807, 2.05) is 102 Å². The van der Waals surface area contributed by atoms with Crippen LogP contribution in [0.25, 0.3) is 66.6 Å². The fourth-order valence-electron chi connectivity index (χ4n) is 7.53. The summed E-state index contributed by atoms with van der Waals surface area (Å²) in [5.74, 6) is 2.31. The van der Waals surface area contributed by atoms with E-state index in [9.17, 15) is 0 Å². The Morgan fingerprint density at radius 3 is 1.47 bits per heavy atom. The Labute approximate surface area is 316 Å². The summed E-state index contributed by atoms with van der Waals surface area (Å²) in [5, 5.41) is 22.0. The number of fused-ring (bicyclic) bond motifs is 7. The lowest BCUT2D eigenvalue weighted by atomic mass is 9.88. The van der Waals surface area contributed by atoms with Gasteiger partial charge in [-0.15, -0.1) is 14.9 Å². The molecule has 0 amide bonds. The fourth-order valence-corrected chi connectivity index (χ4v) is 9.41. The molecule has 0 aliphatic carbocycles. The smallest absolute Gasteiger partial charge is 0.411 e. The molecule has 2 aromatic heterocycles. The first kappa shape index (κ1) is 33.3. The molecule has 10 rings (SSSR count). The van der Waals surface area contributed by atoms with Gasteiger partial charge in [-0.3, -0.25) is 9.05 Å². The molecular formula is C42H34N7O5P. The van der Waals surface area contributed by atoms with Gasteiger partial charge in [0.2, 0.25) is 0 Å². The van der Waals surface area contributed by atoms with E-state index in [0.717, 1.165) is 68.4 Å². The molecule has 0 unspecified atom stereocenters. The van der Waals surface area contributed by atoms with Gasteiger partial charge < -0.3 is 14.4 Å². The zero-order valence-electron chi connectivity index (χ0n) is 30.0. The van der Waals surface area contributed by atoms with Gasteiger partial charge in [0, 0.05) is 24.2 Å². The summed E-state index contributed by atoms with van der Waals surface area (Å²) in [4.78, 5) is 15.6. The van der Waals surface area contributed by atoms with Crippen LogP contribution in [0.2, 0.25) is 0 Å². The quantitative estimate of drug-likeness (QED) is 0.148. The zero-order valence-corrected chi connectivity index (χ0v) is 30.9. The molecule has 0 radical (unpaired) electrons. The molecule has 2 aliphatic rings. The van der Waals surface area contributed by atoms with E-state index in [1.54, 1.807) is 23.6 Å². The number of nitrogens with zero attached hydrogens (tertiary/aromatic N) is 7. The predicted octanol–water partition coefficient (Wildman–Crippen LogP) is 8.08. The number of benzene rings is 6. The van der Waals surface area contributed by atoms with Gasteiger partial charge in [0.1, 0.15) is 22.9 Å². The maximum absolute atomic E-state index is 15.6. The van der Waals surface area contributed by atoms with Crippen molar-refractivity contribution in [2.45, 2.75) is 12.8 Å². The molecule has 8 aromatic rings. The highest BCUT2D eigenvalue weighted by Crippen LogP contribution is 2.66. The second-order valence-electron chi connectivity index (χ2n) is 13.5. The van der Waals surface area contributed by atoms with Gasteiger partial charge in [0.15, 0.2) is 11.5 Å². The van der Waals surface area contributed by atoms with E-state index in [1.165, 1.54) is 0 Å². The Hall–Kier alpha value is -6.33. The minimum Gasteiger partial charge on any atom is -0.601 e. The van der Waals surface area contributed by atoms with Crippen LogP contribution in [0, 0.1) is 0 Å². The Morgan fingerprint density at radius 2 is 1.04 bits per heavy atom. The number of rotatable bonds is 7. The lowest BCUT2D eigenvalue weighted by molar-refractivity contribution is -0.216. The van der Waals surface area contributed by atoms with E-state index in [0.29, 0.717) is 47.1 Å². The molecule has 1 saturated heterocycles. The Balaban J connectivity index is 1.25. The van der Waals surface area contributed by atoms with Crippen LogP contribution in [0.4, 0.5) is 0 Å². The van der Waals surface area contributed by atoms with E-state index < -0.39 is 8.09 Å². The number of hydrogen-bond donors (Lipinski definition) is 0. The van der Waals surface area contributed by atoms with Crippen LogP contribution < -0.4 is 23.4 Å². The molecule has 0 bridgehead atoms. The number of methoxy groups -OCH3 is 2. The third kappa shape index (κ3) is 5.65. The summed E-state index contributed by atoms with van der Waals surface area (Å²) < 4.78 is 29.8. The lowest BCUT2D eigenvalue weighted by Crippen LogP contribution is -2.36. The van der Waals surface area contributed by atoms with E-state index in [4.69, 9.17) is 18.5 Å². The largest absolute Gasteiger partial charge is 0.601 e. The Morgan fingerprint density at radius 1 is 0.600 bits per heavy atom. The molecule has 272 valence electrons. The molecule has 13 heteroatoms. The lowest BCUT2D eigenvalue weighted by Gasteiger charge is -2.32. The Bertz CT molecular complexity index is 2550. The molecule has 0 atom stereocenters. The van der Waals surface area contributed by atoms with Crippen molar-refractivity contribution in [2.75, 3.05) is 27.3 Å². The first-order valence-corrected chi connectivity index (χ1v) is 19.5. The summed E-state index contributed by atoms with van der Waals surface area (Å²) in [6, 6.07) is 35.5. The molecular weight excluding hydrogens is 713 g/mol. The summed E-state index contributed by atoms with van der Waals surface area (Å²) in [6.07, 6.45) is 5.46. The van der Waals surface area contributed by atoms with Crippen molar-refractivity contribution in [1.29, 1.82) is 0 Å². The van der Waals surface area contributed by atoms with E-state index in [-0.39, 0.29) is 0 Å². The molecule has 0 saturated carbocycles. The average Bonchev–Trinajstić information content (AvgIpc) is 4.04. The zero-order chi connectivity index (χ0) is 37.1. The topological polar surface area (TPSA) is 125 Å². The van der Waals surface area contributed by atoms with Crippen molar-refractivity contribution in [3.8, 4) is 68.0 Å². The van der Waals surface area contributed by atoms with Crippen molar-refractivity contribution in [2.24, 2.45) is 0 Å². The molecule has 6 aromatic carbocycles. The highest BCUT2D eigenvalue weighted by atomic mass is 31.2. The molecule has 0 N–H and O–H groups in total. The van der Waals surface area contributed by atoms with Crippen molar-refractivity contribution in [1.82, 2.24) is 34.7 Å². The monoisotopic (exact) mass is 747 g/mol. The van der Waals surface area contributed by atoms with Crippen molar-refractivity contribution in [3.63, 3.8) is 0 Å². The van der Waals surface area contributed by atoms with Crippen LogP contribution in [0.3, 0.4) is 0 Å². The van der Waals surface area contributed by atoms with Crippen LogP contribution in [0.5, 0.6) is 23.0 Å². The molecule has 12 nitrogen and oxygen atoms in total. The third-order valence-electron chi connectivity index (χ3n) is 10.3. The van der Waals surface area contributed by atoms with Gasteiger partial charge in [0.05, 0.1) is 49.1 Å². The minimum absolute atomic E-state index is 0.415. The van der Waals surface area contributed by atoms with Crippen molar-refractivity contribution in [3.05, 3.63) is 122 Å². The standard InChI is InChI=1S/C42H34N7O5P/c1-51-31-17-13-29(14-18-31)48-25-37(43-45-48)35-23-27-9-3-5-11-33(27)39-40-34-12-6-4-10-28(34)24-36(38-26-49(46-44-38)30-15-19-32(52-2)20-16-30)42(40)54-55(50,53-41(35)39)47-21-7-8-22-47/h3-6,9-20,23-26H,7-8,21-22H2,1-2H3. The van der Waals surface area contributed by atoms with Crippen LogP contribution >= 0.6 is 8.09 Å². The minimum atomic E-state index is -4.05. The van der Waals surface area contributed by atoms with Crippen LogP contribution in [0.15, 0.2) is 122 Å². The fraction of sp³-hybridized carbons (Fsp3) is 0.143. The van der Waals surface area contributed by atoms with Crippen molar-refractivity contribution >= 4 is 29.6 Å². The molecule has 55 heavy (non-hydrogen) atoms. The number of hydrogen-bond acceptors (Lipinski definition) is 10. The van der Waals surface area contributed by atoms with Gasteiger partial charge >= 0.3 is 8.09 Å². The molecule has 1 fully saturated rings. The maximum atomic E-state index is 15.6. The molecule has 2 aliphatic heterocycles. The predicted molar refractivity (Wildman–Crippen MR) is 210 cm³/mol. The van der Waals surface area contributed by atoms with E-state index in [2.05, 4.69) is 44.9 Å². The van der Waals surface area contributed by atoms with E-state index >= 15 is 4.89 Å². The second-order valence-corrected chi connectivity index (χ2v) is 15.4. The summed E-state index contributed by atoms with van der Waals surface area (Å²) in [6.45, 7) is 1.13. The van der Waals surface area contributed by atoms with Crippen LogP contribution in [-0.4, -0.2) is 62.0 Å². The maximum Gasteiger partial charge on any atom is 0.411 e. The number of aromatic nitrogens is 6. The van der Waals surface area contributed by atoms with Crippen LogP contribution in [-0.2, 0) is 0 Å². The van der Waals surface area contributed by atoms with Gasteiger partial charge in [0.25, 0.3) is 0 Å². The first-order valence-electron chi connectivity index (χ1n) is 18.0.